The molecule has 180 valence electrons. The lowest BCUT2D eigenvalue weighted by Gasteiger charge is -2.33. The van der Waals surface area contributed by atoms with Crippen molar-refractivity contribution in [2.75, 3.05) is 23.7 Å². The first-order chi connectivity index (χ1) is 15.6. The number of sulfonamides is 1. The van der Waals surface area contributed by atoms with Crippen LogP contribution in [0.4, 0.5) is 5.69 Å². The van der Waals surface area contributed by atoms with Gasteiger partial charge in [0.25, 0.3) is 0 Å². The van der Waals surface area contributed by atoms with E-state index in [2.05, 4.69) is 21.2 Å². The highest BCUT2D eigenvalue weighted by molar-refractivity contribution is 9.10. The molecular formula is C23H29BrClN3O4S. The van der Waals surface area contributed by atoms with Crippen LogP contribution in [0.15, 0.2) is 53.0 Å². The van der Waals surface area contributed by atoms with Crippen molar-refractivity contribution in [1.29, 1.82) is 0 Å². The molecule has 7 nitrogen and oxygen atoms in total. The van der Waals surface area contributed by atoms with Crippen molar-refractivity contribution in [3.63, 3.8) is 0 Å². The second-order valence-electron chi connectivity index (χ2n) is 7.61. The summed E-state index contributed by atoms with van der Waals surface area (Å²) in [5, 5.41) is 3.40. The van der Waals surface area contributed by atoms with Gasteiger partial charge in [0.05, 0.1) is 11.9 Å². The maximum atomic E-state index is 13.5. The maximum Gasteiger partial charge on any atom is 0.244 e. The summed E-state index contributed by atoms with van der Waals surface area (Å²) in [4.78, 5) is 27.8. The molecule has 0 heterocycles. The molecule has 33 heavy (non-hydrogen) atoms. The van der Waals surface area contributed by atoms with E-state index in [1.54, 1.807) is 48.5 Å². The Morgan fingerprint density at radius 1 is 1.12 bits per heavy atom. The second-order valence-corrected chi connectivity index (χ2v) is 10.9. The lowest BCUT2D eigenvalue weighted by molar-refractivity contribution is -0.140. The third-order valence-electron chi connectivity index (χ3n) is 4.98. The van der Waals surface area contributed by atoms with Crippen LogP contribution in [0.1, 0.15) is 32.3 Å². The second kappa shape index (κ2) is 12.4. The van der Waals surface area contributed by atoms with E-state index in [1.165, 1.54) is 4.90 Å². The van der Waals surface area contributed by atoms with E-state index in [-0.39, 0.29) is 12.5 Å². The molecule has 2 aromatic carbocycles. The molecule has 0 spiro atoms. The molecule has 0 aliphatic carbocycles. The number of anilines is 1. The molecule has 0 fully saturated rings. The zero-order chi connectivity index (χ0) is 24.6. The van der Waals surface area contributed by atoms with Gasteiger partial charge in [0, 0.05) is 22.6 Å². The number of carbonyl (C=O) groups is 2. The van der Waals surface area contributed by atoms with Crippen molar-refractivity contribution in [2.24, 2.45) is 0 Å². The summed E-state index contributed by atoms with van der Waals surface area (Å²) in [6.07, 6.45) is 2.19. The van der Waals surface area contributed by atoms with Crippen LogP contribution < -0.4 is 9.62 Å². The molecule has 10 heteroatoms. The van der Waals surface area contributed by atoms with E-state index < -0.39 is 28.5 Å². The van der Waals surface area contributed by atoms with Crippen molar-refractivity contribution in [3.8, 4) is 0 Å². The normalized spacial score (nSPS) is 12.2. The van der Waals surface area contributed by atoms with Gasteiger partial charge >= 0.3 is 0 Å². The molecule has 0 aliphatic heterocycles. The quantitative estimate of drug-likeness (QED) is 0.448. The number of carbonyl (C=O) groups excluding carboxylic acids is 2. The predicted molar refractivity (Wildman–Crippen MR) is 136 cm³/mol. The molecule has 1 atom stereocenters. The van der Waals surface area contributed by atoms with E-state index in [0.29, 0.717) is 28.1 Å². The van der Waals surface area contributed by atoms with Gasteiger partial charge in [0.2, 0.25) is 21.8 Å². The molecule has 0 aliphatic rings. The zero-order valence-electron chi connectivity index (χ0n) is 18.9. The van der Waals surface area contributed by atoms with Gasteiger partial charge in [0.1, 0.15) is 12.6 Å². The van der Waals surface area contributed by atoms with Gasteiger partial charge in [-0.3, -0.25) is 13.9 Å². The molecule has 0 saturated heterocycles. The fourth-order valence-corrected chi connectivity index (χ4v) is 4.67. The largest absolute Gasteiger partial charge is 0.354 e. The fraction of sp³-hybridized carbons (Fsp3) is 0.391. The average molecular weight is 559 g/mol. The van der Waals surface area contributed by atoms with Crippen molar-refractivity contribution in [2.45, 2.75) is 39.3 Å². The van der Waals surface area contributed by atoms with Crippen LogP contribution in [0, 0.1) is 0 Å². The third-order valence-corrected chi connectivity index (χ3v) is 6.86. The Labute approximate surface area is 209 Å². The SMILES string of the molecule is CCCNC(=O)C(CC)N(Cc1ccc(Cl)cc1)C(=O)CN(c1cccc(Br)c1)S(C)(=O)=O. The Morgan fingerprint density at radius 3 is 2.33 bits per heavy atom. The zero-order valence-corrected chi connectivity index (χ0v) is 22.1. The van der Waals surface area contributed by atoms with Crippen LogP contribution in [0.25, 0.3) is 0 Å². The number of benzene rings is 2. The highest BCUT2D eigenvalue weighted by atomic mass is 79.9. The summed E-state index contributed by atoms with van der Waals surface area (Å²) in [6, 6.07) is 12.9. The first-order valence-corrected chi connectivity index (χ1v) is 13.6. The lowest BCUT2D eigenvalue weighted by Crippen LogP contribution is -2.52. The predicted octanol–water partition coefficient (Wildman–Crippen LogP) is 4.20. The molecule has 2 aromatic rings. The number of hydrogen-bond acceptors (Lipinski definition) is 4. The molecule has 2 amide bonds. The highest BCUT2D eigenvalue weighted by Gasteiger charge is 2.31. The summed E-state index contributed by atoms with van der Waals surface area (Å²) in [7, 11) is -3.76. The summed E-state index contributed by atoms with van der Waals surface area (Å²) >= 11 is 9.33. The number of hydrogen-bond donors (Lipinski definition) is 1. The van der Waals surface area contributed by atoms with E-state index >= 15 is 0 Å². The van der Waals surface area contributed by atoms with Crippen molar-refractivity contribution in [1.82, 2.24) is 10.2 Å². The van der Waals surface area contributed by atoms with Gasteiger partial charge < -0.3 is 10.2 Å². The van der Waals surface area contributed by atoms with Gasteiger partial charge in [0.15, 0.2) is 0 Å². The smallest absolute Gasteiger partial charge is 0.244 e. The van der Waals surface area contributed by atoms with Gasteiger partial charge in [-0.15, -0.1) is 0 Å². The van der Waals surface area contributed by atoms with Gasteiger partial charge in [-0.05, 0) is 48.7 Å². The molecule has 0 aromatic heterocycles. The molecule has 1 unspecified atom stereocenters. The summed E-state index contributed by atoms with van der Waals surface area (Å²) in [5.41, 5.74) is 1.14. The average Bonchev–Trinajstić information content (AvgIpc) is 2.76. The number of halogens is 2. The minimum atomic E-state index is -3.76. The first kappa shape index (κ1) is 27.1. The van der Waals surface area contributed by atoms with Crippen LogP contribution in [0.2, 0.25) is 5.02 Å². The van der Waals surface area contributed by atoms with E-state index in [9.17, 15) is 18.0 Å². The molecule has 2 rings (SSSR count). The van der Waals surface area contributed by atoms with Gasteiger partial charge in [-0.25, -0.2) is 8.42 Å². The molecule has 1 N–H and O–H groups in total. The van der Waals surface area contributed by atoms with Crippen LogP contribution in [0.5, 0.6) is 0 Å². The number of rotatable bonds is 11. The van der Waals surface area contributed by atoms with Gasteiger partial charge in [-0.1, -0.05) is 59.6 Å². The van der Waals surface area contributed by atoms with Crippen LogP contribution in [0.3, 0.4) is 0 Å². The summed E-state index contributed by atoms with van der Waals surface area (Å²) in [5.74, 6) is -0.746. The van der Waals surface area contributed by atoms with Crippen LogP contribution in [-0.2, 0) is 26.2 Å². The molecular weight excluding hydrogens is 530 g/mol. The van der Waals surface area contributed by atoms with E-state index in [0.717, 1.165) is 22.5 Å². The van der Waals surface area contributed by atoms with Crippen LogP contribution in [-0.4, -0.2) is 50.5 Å². The first-order valence-electron chi connectivity index (χ1n) is 10.6. The topological polar surface area (TPSA) is 86.8 Å². The van der Waals surface area contributed by atoms with Crippen molar-refractivity contribution in [3.05, 3.63) is 63.6 Å². The molecule has 0 radical (unpaired) electrons. The Hall–Kier alpha value is -2.10. The highest BCUT2D eigenvalue weighted by Crippen LogP contribution is 2.23. The summed E-state index contributed by atoms with van der Waals surface area (Å²) in [6.45, 7) is 3.97. The fourth-order valence-electron chi connectivity index (χ4n) is 3.32. The Morgan fingerprint density at radius 2 is 1.79 bits per heavy atom. The van der Waals surface area contributed by atoms with Gasteiger partial charge in [-0.2, -0.15) is 0 Å². The minimum absolute atomic E-state index is 0.143. The number of nitrogens with zero attached hydrogens (tertiary/aromatic N) is 2. The molecule has 0 bridgehead atoms. The van der Waals surface area contributed by atoms with Crippen LogP contribution >= 0.6 is 27.5 Å². The lowest BCUT2D eigenvalue weighted by atomic mass is 10.1. The Bertz CT molecular complexity index is 1060. The van der Waals surface area contributed by atoms with Crippen molar-refractivity contribution >= 4 is 55.1 Å². The minimum Gasteiger partial charge on any atom is -0.354 e. The summed E-state index contributed by atoms with van der Waals surface area (Å²) < 4.78 is 26.8. The Balaban J connectivity index is 2.41. The Kier molecular flexibility index (Phi) is 10.2. The number of nitrogens with one attached hydrogen (secondary N) is 1. The maximum absolute atomic E-state index is 13.5. The van der Waals surface area contributed by atoms with Crippen molar-refractivity contribution < 1.29 is 18.0 Å². The molecule has 0 saturated carbocycles. The third kappa shape index (κ3) is 8.01. The standard InChI is InChI=1S/C23H29BrClN3O4S/c1-4-13-26-23(30)21(5-2)27(15-17-9-11-19(25)12-10-17)22(29)16-28(33(3,31)32)20-8-6-7-18(24)14-20/h6-12,14,21H,4-5,13,15-16H2,1-3H3,(H,26,30). The number of amides is 2. The van der Waals surface area contributed by atoms with E-state index in [1.807, 2.05) is 13.8 Å². The van der Waals surface area contributed by atoms with E-state index in [4.69, 9.17) is 11.6 Å². The monoisotopic (exact) mass is 557 g/mol.